The highest BCUT2D eigenvalue weighted by atomic mass is 35.5. The van der Waals surface area contributed by atoms with Crippen LogP contribution in [0.5, 0.6) is 0 Å². The fraction of sp³-hybridized carbons (Fsp3) is 0.136. The van der Waals surface area contributed by atoms with Crippen LogP contribution < -0.4 is 16.4 Å². The predicted molar refractivity (Wildman–Crippen MR) is 112 cm³/mol. The molecule has 2 aromatic carbocycles. The van der Waals surface area contributed by atoms with Gasteiger partial charge < -0.3 is 4.57 Å². The summed E-state index contributed by atoms with van der Waals surface area (Å²) in [6.45, 7) is 4.17. The Hall–Kier alpha value is -3.38. The van der Waals surface area contributed by atoms with E-state index >= 15 is 0 Å². The van der Waals surface area contributed by atoms with Crippen molar-refractivity contribution in [1.82, 2.24) is 15.4 Å². The molecule has 1 aromatic heterocycles. The van der Waals surface area contributed by atoms with Crippen molar-refractivity contribution in [2.24, 2.45) is 0 Å². The summed E-state index contributed by atoms with van der Waals surface area (Å²) in [6, 6.07) is 15.1. The Morgan fingerprint density at radius 1 is 0.862 bits per heavy atom. The summed E-state index contributed by atoms with van der Waals surface area (Å²) in [5.74, 6) is -0.942. The van der Waals surface area contributed by atoms with Crippen molar-refractivity contribution in [2.75, 3.05) is 0 Å². The van der Waals surface area contributed by atoms with Gasteiger partial charge in [-0.05, 0) is 60.9 Å². The van der Waals surface area contributed by atoms with Crippen molar-refractivity contribution in [3.63, 3.8) is 0 Å². The van der Waals surface area contributed by atoms with Crippen LogP contribution in [-0.4, -0.2) is 16.4 Å². The summed E-state index contributed by atoms with van der Waals surface area (Å²) in [4.78, 5) is 36.8. The molecule has 0 spiro atoms. The molecule has 0 fully saturated rings. The lowest BCUT2D eigenvalue weighted by Gasteiger charge is -2.11. The summed E-state index contributed by atoms with van der Waals surface area (Å²) in [5.41, 5.74) is 8.16. The molecular formula is C22H20ClN3O3. The number of hydrazine groups is 1. The van der Waals surface area contributed by atoms with Crippen molar-refractivity contribution >= 4 is 23.4 Å². The highest BCUT2D eigenvalue weighted by Gasteiger charge is 2.11. The number of hydrogen-bond donors (Lipinski definition) is 2. The van der Waals surface area contributed by atoms with E-state index in [1.807, 2.05) is 32.0 Å². The number of amides is 2. The number of nitrogens with one attached hydrogen (secondary N) is 2. The molecule has 148 valence electrons. The van der Waals surface area contributed by atoms with Crippen LogP contribution in [0.1, 0.15) is 37.4 Å². The van der Waals surface area contributed by atoms with Gasteiger partial charge >= 0.3 is 0 Å². The lowest BCUT2D eigenvalue weighted by molar-refractivity contribution is 0.0846. The molecule has 0 radical (unpaired) electrons. The second kappa shape index (κ2) is 8.75. The fourth-order valence-electron chi connectivity index (χ4n) is 2.72. The molecule has 2 N–H and O–H groups in total. The smallest absolute Gasteiger partial charge is 0.271 e. The summed E-state index contributed by atoms with van der Waals surface area (Å²) in [5, 5.41) is 0.605. The highest BCUT2D eigenvalue weighted by Crippen LogP contribution is 2.11. The van der Waals surface area contributed by atoms with Crippen molar-refractivity contribution in [2.45, 2.75) is 20.4 Å². The molecule has 0 saturated heterocycles. The van der Waals surface area contributed by atoms with Crippen molar-refractivity contribution in [3.05, 3.63) is 104 Å². The molecule has 29 heavy (non-hydrogen) atoms. The van der Waals surface area contributed by atoms with Crippen LogP contribution in [0.25, 0.3) is 0 Å². The number of hydrogen-bond acceptors (Lipinski definition) is 3. The Kier molecular flexibility index (Phi) is 6.14. The molecule has 7 heteroatoms. The molecule has 0 unspecified atom stereocenters. The highest BCUT2D eigenvalue weighted by molar-refractivity contribution is 6.30. The van der Waals surface area contributed by atoms with E-state index in [0.717, 1.165) is 16.7 Å². The van der Waals surface area contributed by atoms with Crippen molar-refractivity contribution in [1.29, 1.82) is 0 Å². The number of halogens is 1. The van der Waals surface area contributed by atoms with E-state index in [0.29, 0.717) is 17.1 Å². The summed E-state index contributed by atoms with van der Waals surface area (Å²) in [7, 11) is 0. The Morgan fingerprint density at radius 2 is 1.48 bits per heavy atom. The van der Waals surface area contributed by atoms with Crippen LogP contribution in [0.15, 0.2) is 65.6 Å². The van der Waals surface area contributed by atoms with Crippen LogP contribution in [0, 0.1) is 13.8 Å². The minimum Gasteiger partial charge on any atom is -0.310 e. The van der Waals surface area contributed by atoms with E-state index in [4.69, 9.17) is 11.6 Å². The number of aromatic nitrogens is 1. The number of carbonyl (C=O) groups excluding carboxylic acids is 2. The lowest BCUT2D eigenvalue weighted by atomic mass is 10.1. The fourth-order valence-corrected chi connectivity index (χ4v) is 2.84. The van der Waals surface area contributed by atoms with Gasteiger partial charge in [0.25, 0.3) is 17.4 Å². The average molecular weight is 410 g/mol. The Labute approximate surface area is 173 Å². The first-order chi connectivity index (χ1) is 13.8. The summed E-state index contributed by atoms with van der Waals surface area (Å²) in [6.07, 6.45) is 1.45. The molecule has 6 nitrogen and oxygen atoms in total. The third kappa shape index (κ3) is 5.12. The second-order valence-corrected chi connectivity index (χ2v) is 7.15. The molecular weight excluding hydrogens is 390 g/mol. The first kappa shape index (κ1) is 20.4. The van der Waals surface area contributed by atoms with Crippen LogP contribution in [0.4, 0.5) is 0 Å². The second-order valence-electron chi connectivity index (χ2n) is 6.72. The standard InChI is InChI=1S/C22H20ClN3O3/c1-14-3-6-17(11-15(14)2)21(28)24-25-22(29)18-7-10-20(27)26(13-18)12-16-4-8-19(23)9-5-16/h3-11,13H,12H2,1-2H3,(H,24,28)(H,25,29). The zero-order chi connectivity index (χ0) is 21.0. The van der Waals surface area contributed by atoms with Crippen LogP contribution in [-0.2, 0) is 6.54 Å². The van der Waals surface area contributed by atoms with E-state index in [1.165, 1.54) is 22.9 Å². The zero-order valence-corrected chi connectivity index (χ0v) is 16.8. The van der Waals surface area contributed by atoms with Gasteiger partial charge in [0, 0.05) is 22.8 Å². The summed E-state index contributed by atoms with van der Waals surface area (Å²) >= 11 is 5.88. The van der Waals surface area contributed by atoms with E-state index < -0.39 is 11.8 Å². The molecule has 0 aliphatic carbocycles. The molecule has 3 aromatic rings. The van der Waals surface area contributed by atoms with E-state index in [-0.39, 0.29) is 11.1 Å². The van der Waals surface area contributed by atoms with Crippen LogP contribution in [0.3, 0.4) is 0 Å². The van der Waals surface area contributed by atoms with Gasteiger partial charge in [-0.2, -0.15) is 0 Å². The monoisotopic (exact) mass is 409 g/mol. The van der Waals surface area contributed by atoms with Crippen molar-refractivity contribution < 1.29 is 9.59 Å². The number of aryl methyl sites for hydroxylation is 2. The number of rotatable bonds is 4. The Balaban J connectivity index is 1.69. The normalized spacial score (nSPS) is 10.4. The molecule has 0 aliphatic rings. The van der Waals surface area contributed by atoms with Gasteiger partial charge in [-0.1, -0.05) is 29.8 Å². The lowest BCUT2D eigenvalue weighted by Crippen LogP contribution is -2.42. The van der Waals surface area contributed by atoms with Gasteiger partial charge in [-0.25, -0.2) is 0 Å². The van der Waals surface area contributed by atoms with E-state index in [2.05, 4.69) is 10.9 Å². The van der Waals surface area contributed by atoms with E-state index in [1.54, 1.807) is 24.3 Å². The topological polar surface area (TPSA) is 80.2 Å². The van der Waals surface area contributed by atoms with Gasteiger partial charge in [0.15, 0.2) is 0 Å². The third-order valence-corrected chi connectivity index (χ3v) is 4.82. The molecule has 0 saturated carbocycles. The van der Waals surface area contributed by atoms with Gasteiger partial charge in [-0.3, -0.25) is 25.2 Å². The molecule has 0 aliphatic heterocycles. The summed E-state index contributed by atoms with van der Waals surface area (Å²) < 4.78 is 1.42. The van der Waals surface area contributed by atoms with Crippen LogP contribution >= 0.6 is 11.6 Å². The molecule has 1 heterocycles. The Morgan fingerprint density at radius 3 is 2.14 bits per heavy atom. The third-order valence-electron chi connectivity index (χ3n) is 4.57. The number of benzene rings is 2. The predicted octanol–water partition coefficient (Wildman–Crippen LogP) is 3.24. The minimum absolute atomic E-state index is 0.240. The number of nitrogens with zero attached hydrogens (tertiary/aromatic N) is 1. The Bertz CT molecular complexity index is 1120. The largest absolute Gasteiger partial charge is 0.310 e. The van der Waals surface area contributed by atoms with Crippen molar-refractivity contribution in [3.8, 4) is 0 Å². The zero-order valence-electron chi connectivity index (χ0n) is 16.0. The molecule has 3 rings (SSSR count). The van der Waals surface area contributed by atoms with E-state index in [9.17, 15) is 14.4 Å². The molecule has 0 atom stereocenters. The van der Waals surface area contributed by atoms with Gasteiger partial charge in [0.05, 0.1) is 12.1 Å². The quantitative estimate of drug-likeness (QED) is 0.649. The van der Waals surface area contributed by atoms with Gasteiger partial charge in [0.1, 0.15) is 0 Å². The SMILES string of the molecule is Cc1ccc(C(=O)NNC(=O)c2ccc(=O)n(Cc3ccc(Cl)cc3)c2)cc1C. The maximum Gasteiger partial charge on any atom is 0.271 e. The van der Waals surface area contributed by atoms with Gasteiger partial charge in [-0.15, -0.1) is 0 Å². The molecule has 2 amide bonds. The molecule has 0 bridgehead atoms. The number of pyridine rings is 1. The number of carbonyl (C=O) groups is 2. The maximum absolute atomic E-state index is 12.4. The van der Waals surface area contributed by atoms with Crippen LogP contribution in [0.2, 0.25) is 5.02 Å². The minimum atomic E-state index is -0.521. The average Bonchev–Trinajstić information content (AvgIpc) is 2.71. The van der Waals surface area contributed by atoms with Gasteiger partial charge in [0.2, 0.25) is 0 Å². The maximum atomic E-state index is 12.4. The first-order valence-corrected chi connectivity index (χ1v) is 9.34. The first-order valence-electron chi connectivity index (χ1n) is 8.96.